The van der Waals surface area contributed by atoms with E-state index in [1.54, 1.807) is 19.1 Å². The van der Waals surface area contributed by atoms with E-state index < -0.39 is 45.8 Å². The Bertz CT molecular complexity index is 1010. The Kier molecular flexibility index (Phi) is 4.55. The molecule has 5 aliphatic rings. The number of aliphatic hydroxyl groups is 2. The molecule has 3 saturated carbocycles. The molecule has 7 heteroatoms. The molecule has 3 fully saturated rings. The van der Waals surface area contributed by atoms with Crippen LogP contribution in [-0.4, -0.2) is 46.1 Å². The highest BCUT2D eigenvalue weighted by Gasteiger charge is 2.72. The maximum Gasteiger partial charge on any atom is 0.377 e. The minimum atomic E-state index is -1.37. The van der Waals surface area contributed by atoms with Gasteiger partial charge in [-0.3, -0.25) is 9.59 Å². The Morgan fingerprint density at radius 3 is 2.75 bits per heavy atom. The second-order valence-electron chi connectivity index (χ2n) is 10.4. The zero-order chi connectivity index (χ0) is 23.1. The van der Waals surface area contributed by atoms with Crippen LogP contribution < -0.4 is 0 Å². The molecule has 1 heterocycles. The first-order chi connectivity index (χ1) is 15.1. The molecule has 2 N–H and O–H groups in total. The lowest BCUT2D eigenvalue weighted by atomic mass is 9.46. The molecule has 0 aromatic heterocycles. The lowest BCUT2D eigenvalue weighted by molar-refractivity contribution is -0.177. The fourth-order valence-electron chi connectivity index (χ4n) is 7.75. The van der Waals surface area contributed by atoms with Crippen LogP contribution in [0.3, 0.4) is 0 Å². The van der Waals surface area contributed by atoms with Gasteiger partial charge >= 0.3 is 5.97 Å². The van der Waals surface area contributed by atoms with Crippen molar-refractivity contribution in [1.29, 1.82) is 0 Å². The van der Waals surface area contributed by atoms with Crippen molar-refractivity contribution in [2.75, 3.05) is 6.61 Å². The summed E-state index contributed by atoms with van der Waals surface area (Å²) in [5.74, 6) is -2.37. The van der Waals surface area contributed by atoms with Crippen molar-refractivity contribution in [3.05, 3.63) is 35.3 Å². The number of aliphatic hydroxyl groups excluding tert-OH is 2. The zero-order valence-corrected chi connectivity index (χ0v) is 18.7. The van der Waals surface area contributed by atoms with Gasteiger partial charge < -0.3 is 19.7 Å². The number of ketones is 2. The molecule has 0 aromatic carbocycles. The Balaban J connectivity index is 1.51. The topological polar surface area (TPSA) is 110 Å². The lowest BCUT2D eigenvalue weighted by Gasteiger charge is -2.59. The van der Waals surface area contributed by atoms with E-state index in [1.807, 2.05) is 13.0 Å². The summed E-state index contributed by atoms with van der Waals surface area (Å²) in [5, 5.41) is 22.0. The first kappa shape index (κ1) is 21.4. The number of allylic oxidation sites excluding steroid dienone is 4. The van der Waals surface area contributed by atoms with Crippen molar-refractivity contribution in [3.63, 3.8) is 0 Å². The van der Waals surface area contributed by atoms with E-state index in [2.05, 4.69) is 6.92 Å². The molecule has 1 spiro atoms. The van der Waals surface area contributed by atoms with E-state index >= 15 is 0 Å². The maximum atomic E-state index is 13.3. The predicted octanol–water partition coefficient (Wildman–Crippen LogP) is 2.94. The van der Waals surface area contributed by atoms with Gasteiger partial charge in [0.15, 0.2) is 11.4 Å². The van der Waals surface area contributed by atoms with Crippen LogP contribution in [0.1, 0.15) is 52.9 Å². The molecular formula is C25H30O7. The summed E-state index contributed by atoms with van der Waals surface area (Å²) in [6.07, 6.45) is 7.53. The third-order valence-electron chi connectivity index (χ3n) is 9.15. The fourth-order valence-corrected chi connectivity index (χ4v) is 7.75. The fraction of sp³-hybridized carbons (Fsp3) is 0.640. The number of carbonyl (C=O) groups excluding carboxylic acids is 3. The van der Waals surface area contributed by atoms with Crippen molar-refractivity contribution in [3.8, 4) is 0 Å². The van der Waals surface area contributed by atoms with E-state index in [4.69, 9.17) is 9.47 Å². The number of Topliss-reactive ketones (excluding diaryl/α,β-unsaturated/α-hetero) is 1. The number of rotatable bonds is 2. The van der Waals surface area contributed by atoms with Gasteiger partial charge in [0.25, 0.3) is 5.76 Å². The summed E-state index contributed by atoms with van der Waals surface area (Å²) in [6, 6.07) is 0. The van der Waals surface area contributed by atoms with Crippen LogP contribution >= 0.6 is 0 Å². The monoisotopic (exact) mass is 442 g/mol. The van der Waals surface area contributed by atoms with Gasteiger partial charge in [-0.1, -0.05) is 25.5 Å². The second-order valence-corrected chi connectivity index (χ2v) is 10.4. The third-order valence-corrected chi connectivity index (χ3v) is 9.15. The first-order valence-electron chi connectivity index (χ1n) is 11.6. The Morgan fingerprint density at radius 2 is 2.03 bits per heavy atom. The Labute approximate surface area is 187 Å². The maximum absolute atomic E-state index is 13.3. The summed E-state index contributed by atoms with van der Waals surface area (Å²) in [6.45, 7) is 5.80. The quantitative estimate of drug-likeness (QED) is 0.633. The third kappa shape index (κ3) is 2.49. The van der Waals surface area contributed by atoms with E-state index in [0.717, 1.165) is 18.4 Å². The highest BCUT2D eigenvalue weighted by Crippen LogP contribution is 2.69. The van der Waals surface area contributed by atoms with Crippen molar-refractivity contribution < 1.29 is 34.1 Å². The van der Waals surface area contributed by atoms with Crippen molar-refractivity contribution in [1.82, 2.24) is 0 Å². The number of hydrogen-bond donors (Lipinski definition) is 2. The number of hydrogen-bond acceptors (Lipinski definition) is 7. The van der Waals surface area contributed by atoms with Gasteiger partial charge in [-0.2, -0.15) is 0 Å². The van der Waals surface area contributed by atoms with Crippen LogP contribution in [0.5, 0.6) is 0 Å². The number of ether oxygens (including phenoxy) is 2. The van der Waals surface area contributed by atoms with Crippen LogP contribution in [0.25, 0.3) is 0 Å². The highest BCUT2D eigenvalue weighted by atomic mass is 16.6. The van der Waals surface area contributed by atoms with Crippen molar-refractivity contribution in [2.24, 2.45) is 28.6 Å². The van der Waals surface area contributed by atoms with Gasteiger partial charge in [0.05, 0.1) is 12.7 Å². The minimum Gasteiger partial charge on any atom is -0.501 e. The summed E-state index contributed by atoms with van der Waals surface area (Å²) in [7, 11) is 0. The molecule has 0 aromatic rings. The summed E-state index contributed by atoms with van der Waals surface area (Å²) >= 11 is 0. The SMILES string of the molecule is CCOC(=O)C1=C(O)C(=O)[C@]2(CC[C@H]3[C@@H]4CCC5=CC(=O)C=C[C@]5(C)[C@H]4[C@@H](O)C[C@@]32C)O1. The summed E-state index contributed by atoms with van der Waals surface area (Å²) in [5.41, 5.74) is -1.44. The molecule has 172 valence electrons. The number of fused-ring (bicyclic) bond motifs is 6. The summed E-state index contributed by atoms with van der Waals surface area (Å²) < 4.78 is 11.0. The molecule has 32 heavy (non-hydrogen) atoms. The first-order valence-corrected chi connectivity index (χ1v) is 11.6. The molecule has 0 amide bonds. The molecule has 0 saturated heterocycles. The van der Waals surface area contributed by atoms with Crippen LogP contribution in [0.4, 0.5) is 0 Å². The van der Waals surface area contributed by atoms with Gasteiger partial charge in [0.1, 0.15) is 0 Å². The second kappa shape index (κ2) is 6.80. The largest absolute Gasteiger partial charge is 0.501 e. The van der Waals surface area contributed by atoms with Crippen LogP contribution in [0.15, 0.2) is 35.3 Å². The lowest BCUT2D eigenvalue weighted by Crippen LogP contribution is -2.61. The molecule has 0 radical (unpaired) electrons. The molecule has 0 unspecified atom stereocenters. The predicted molar refractivity (Wildman–Crippen MR) is 113 cm³/mol. The van der Waals surface area contributed by atoms with Gasteiger partial charge in [-0.15, -0.1) is 0 Å². The molecule has 5 rings (SSSR count). The number of carbonyl (C=O) groups is 3. The number of esters is 1. The molecule has 1 aliphatic heterocycles. The van der Waals surface area contributed by atoms with E-state index in [-0.39, 0.29) is 30.1 Å². The van der Waals surface area contributed by atoms with Gasteiger partial charge in [0, 0.05) is 16.7 Å². The Morgan fingerprint density at radius 1 is 1.28 bits per heavy atom. The van der Waals surface area contributed by atoms with E-state index in [1.165, 1.54) is 0 Å². The van der Waals surface area contributed by atoms with Crippen LogP contribution in [0.2, 0.25) is 0 Å². The van der Waals surface area contributed by atoms with E-state index in [9.17, 15) is 24.6 Å². The Hall–Kier alpha value is -2.41. The molecular weight excluding hydrogens is 412 g/mol. The van der Waals surface area contributed by atoms with Gasteiger partial charge in [-0.05, 0) is 63.0 Å². The van der Waals surface area contributed by atoms with Gasteiger partial charge in [0.2, 0.25) is 11.5 Å². The van der Waals surface area contributed by atoms with Crippen LogP contribution in [0, 0.1) is 28.6 Å². The average Bonchev–Trinajstić information content (AvgIpc) is 3.17. The van der Waals surface area contributed by atoms with Crippen molar-refractivity contribution >= 4 is 17.5 Å². The average molecular weight is 443 g/mol. The van der Waals surface area contributed by atoms with Crippen molar-refractivity contribution in [2.45, 2.75) is 64.6 Å². The normalized spacial score (nSPS) is 44.7. The zero-order valence-electron chi connectivity index (χ0n) is 18.7. The van der Waals surface area contributed by atoms with Crippen LogP contribution in [-0.2, 0) is 23.9 Å². The molecule has 7 atom stereocenters. The molecule has 4 aliphatic carbocycles. The molecule has 7 nitrogen and oxygen atoms in total. The highest BCUT2D eigenvalue weighted by molar-refractivity contribution is 6.09. The summed E-state index contributed by atoms with van der Waals surface area (Å²) in [4.78, 5) is 37.6. The minimum absolute atomic E-state index is 0.0103. The standard InChI is InChI=1S/C25H30O7/c1-4-31-22(30)20-19(28)21(29)25(32-20)10-8-16-15-6-5-13-11-14(26)7-9-23(13,2)18(15)17(27)12-24(16,25)3/h7,9,11,15-18,27-28H,4-6,8,10,12H2,1-3H3/t15-,16-,17-,18+,23-,24-,25-/m0/s1. The van der Waals surface area contributed by atoms with E-state index in [0.29, 0.717) is 19.3 Å². The smallest absolute Gasteiger partial charge is 0.377 e. The molecule has 0 bridgehead atoms. The van der Waals surface area contributed by atoms with Gasteiger partial charge in [-0.25, -0.2) is 4.79 Å².